The minimum atomic E-state index is -3.83. The Morgan fingerprint density at radius 3 is 2.36 bits per heavy atom. The normalized spacial score (nSPS) is 12.4. The molecule has 36 heavy (non-hydrogen) atoms. The Kier molecular flexibility index (Phi) is 9.23. The maximum atomic E-state index is 13.1. The van der Waals surface area contributed by atoms with Crippen LogP contribution in [0.1, 0.15) is 10.4 Å². The fourth-order valence-corrected chi connectivity index (χ4v) is 5.85. The maximum Gasteiger partial charge on any atom is 0.279 e. The van der Waals surface area contributed by atoms with Gasteiger partial charge >= 0.3 is 0 Å². The van der Waals surface area contributed by atoms with Crippen molar-refractivity contribution in [2.75, 3.05) is 40.5 Å². The van der Waals surface area contributed by atoms with E-state index in [0.29, 0.717) is 21.6 Å². The van der Waals surface area contributed by atoms with Gasteiger partial charge in [0.1, 0.15) is 0 Å². The lowest BCUT2D eigenvalue weighted by Crippen LogP contribution is -2.36. The number of aromatic nitrogens is 1. The molecule has 0 atom stereocenters. The van der Waals surface area contributed by atoms with E-state index in [1.807, 2.05) is 0 Å². The van der Waals surface area contributed by atoms with Crippen LogP contribution in [0.3, 0.4) is 0 Å². The molecule has 1 heterocycles. The number of benzene rings is 2. The third-order valence-electron chi connectivity index (χ3n) is 5.21. The predicted octanol–water partition coefficient (Wildman–Crippen LogP) is 2.82. The van der Waals surface area contributed by atoms with E-state index in [-0.39, 0.29) is 42.4 Å². The average molecular weight is 535 g/mol. The molecule has 0 unspecified atom stereocenters. The van der Waals surface area contributed by atoms with Crippen molar-refractivity contribution in [2.24, 2.45) is 4.99 Å². The second-order valence-electron chi connectivity index (χ2n) is 7.52. The first-order chi connectivity index (χ1) is 17.2. The van der Waals surface area contributed by atoms with Crippen LogP contribution in [0.4, 0.5) is 5.69 Å². The van der Waals surface area contributed by atoms with Gasteiger partial charge < -0.3 is 14.0 Å². The van der Waals surface area contributed by atoms with Crippen molar-refractivity contribution in [1.29, 1.82) is 0 Å². The van der Waals surface area contributed by atoms with E-state index in [1.165, 1.54) is 54.9 Å². The molecule has 0 radical (unpaired) electrons. The lowest BCUT2D eigenvalue weighted by Gasteiger charge is -2.21. The van der Waals surface area contributed by atoms with Crippen LogP contribution in [-0.2, 0) is 26.0 Å². The van der Waals surface area contributed by atoms with E-state index in [4.69, 9.17) is 9.47 Å². The molecule has 1 aromatic heterocycles. The number of amides is 1. The van der Waals surface area contributed by atoms with Crippen LogP contribution in [0.15, 0.2) is 65.0 Å². The van der Waals surface area contributed by atoms with E-state index < -0.39 is 20.9 Å². The lowest BCUT2D eigenvalue weighted by molar-refractivity contribution is -0.384. The van der Waals surface area contributed by atoms with Crippen LogP contribution < -0.4 is 4.80 Å². The summed E-state index contributed by atoms with van der Waals surface area (Å²) in [4.78, 5) is 28.1. The molecule has 0 spiro atoms. The number of rotatable bonds is 12. The van der Waals surface area contributed by atoms with Gasteiger partial charge in [0.25, 0.3) is 11.6 Å². The zero-order valence-electron chi connectivity index (χ0n) is 19.8. The van der Waals surface area contributed by atoms with Crippen LogP contribution in [0.5, 0.6) is 0 Å². The monoisotopic (exact) mass is 534 g/mol. The van der Waals surface area contributed by atoms with E-state index in [9.17, 15) is 23.3 Å². The molecule has 192 valence electrons. The Bertz CT molecular complexity index is 1420. The van der Waals surface area contributed by atoms with Gasteiger partial charge in [-0.3, -0.25) is 14.9 Å². The number of sulfonamides is 1. The fraction of sp³-hybridized carbons (Fsp3) is 0.304. The molecule has 11 nitrogen and oxygen atoms in total. The van der Waals surface area contributed by atoms with E-state index >= 15 is 0 Å². The Morgan fingerprint density at radius 1 is 1.17 bits per heavy atom. The van der Waals surface area contributed by atoms with Crippen molar-refractivity contribution < 1.29 is 27.6 Å². The number of nitrogens with zero attached hydrogens (tertiary/aromatic N) is 4. The number of carbonyl (C=O) groups excluding carboxylic acids is 1. The zero-order chi connectivity index (χ0) is 26.3. The largest absolute Gasteiger partial charge is 0.383 e. The molecule has 13 heteroatoms. The van der Waals surface area contributed by atoms with Crippen LogP contribution in [-0.4, -0.2) is 68.6 Å². The van der Waals surface area contributed by atoms with Gasteiger partial charge in [0, 0.05) is 51.6 Å². The summed E-state index contributed by atoms with van der Waals surface area (Å²) in [6.45, 7) is 4.83. The van der Waals surface area contributed by atoms with Gasteiger partial charge in [-0.2, -0.15) is 9.30 Å². The lowest BCUT2D eigenvalue weighted by atomic mass is 10.2. The molecule has 3 rings (SSSR count). The van der Waals surface area contributed by atoms with Crippen molar-refractivity contribution in [3.63, 3.8) is 0 Å². The van der Waals surface area contributed by atoms with Crippen molar-refractivity contribution in [1.82, 2.24) is 8.87 Å². The van der Waals surface area contributed by atoms with Crippen molar-refractivity contribution >= 4 is 43.2 Å². The van der Waals surface area contributed by atoms with Crippen LogP contribution in [0, 0.1) is 10.1 Å². The molecule has 1 amide bonds. The van der Waals surface area contributed by atoms with Crippen molar-refractivity contribution in [2.45, 2.75) is 11.4 Å². The Hall–Kier alpha value is -3.23. The van der Waals surface area contributed by atoms with Gasteiger partial charge in [-0.05, 0) is 30.3 Å². The number of non-ortho nitro benzene ring substituents is 1. The number of methoxy groups -OCH3 is 2. The highest BCUT2D eigenvalue weighted by atomic mass is 32.2. The SMILES string of the molecule is C=CCn1c(=NC(=O)c2ccc(S(=O)(=O)N(CCOC)CCOC)cc2)sc2cc([N+](=O)[O-])ccc21. The number of fused-ring (bicyclic) bond motifs is 1. The quantitative estimate of drug-likeness (QED) is 0.198. The summed E-state index contributed by atoms with van der Waals surface area (Å²) in [5, 5.41) is 11.1. The minimum absolute atomic E-state index is 0.0298. The predicted molar refractivity (Wildman–Crippen MR) is 136 cm³/mol. The average Bonchev–Trinajstić information content (AvgIpc) is 3.20. The molecule has 0 saturated carbocycles. The van der Waals surface area contributed by atoms with E-state index in [1.54, 1.807) is 16.7 Å². The van der Waals surface area contributed by atoms with Gasteiger partial charge in [0.05, 0.1) is 33.2 Å². The minimum Gasteiger partial charge on any atom is -0.383 e. The number of carbonyl (C=O) groups is 1. The van der Waals surface area contributed by atoms with Gasteiger partial charge in [0.2, 0.25) is 10.0 Å². The zero-order valence-corrected chi connectivity index (χ0v) is 21.5. The second-order valence-corrected chi connectivity index (χ2v) is 10.5. The van der Waals surface area contributed by atoms with Gasteiger partial charge in [-0.15, -0.1) is 6.58 Å². The van der Waals surface area contributed by atoms with E-state index in [2.05, 4.69) is 11.6 Å². The molecule has 0 aliphatic heterocycles. The summed E-state index contributed by atoms with van der Waals surface area (Å²) >= 11 is 1.14. The maximum absolute atomic E-state index is 13.1. The molecular weight excluding hydrogens is 508 g/mol. The first-order valence-corrected chi connectivity index (χ1v) is 13.0. The number of nitro benzene ring substituents is 1. The van der Waals surface area contributed by atoms with Gasteiger partial charge in [0.15, 0.2) is 4.80 Å². The molecule has 0 aliphatic carbocycles. The Balaban J connectivity index is 1.94. The fourth-order valence-electron chi connectivity index (χ4n) is 3.37. The third-order valence-corrected chi connectivity index (χ3v) is 8.17. The summed E-state index contributed by atoms with van der Waals surface area (Å²) in [6, 6.07) is 9.95. The number of hydrogen-bond acceptors (Lipinski definition) is 8. The topological polar surface area (TPSA) is 133 Å². The molecular formula is C23H26N4O7S2. The first kappa shape index (κ1) is 27.4. The smallest absolute Gasteiger partial charge is 0.279 e. The highest BCUT2D eigenvalue weighted by Crippen LogP contribution is 2.23. The van der Waals surface area contributed by atoms with E-state index in [0.717, 1.165) is 11.3 Å². The summed E-state index contributed by atoms with van der Waals surface area (Å²) in [5.41, 5.74) is 0.822. The number of hydrogen-bond donors (Lipinski definition) is 0. The number of thiazole rings is 1. The summed E-state index contributed by atoms with van der Waals surface area (Å²) in [6.07, 6.45) is 1.63. The van der Waals surface area contributed by atoms with Gasteiger partial charge in [-0.25, -0.2) is 8.42 Å². The molecule has 0 bridgehead atoms. The van der Waals surface area contributed by atoms with Crippen LogP contribution in [0.2, 0.25) is 0 Å². The highest BCUT2D eigenvalue weighted by Gasteiger charge is 2.24. The summed E-state index contributed by atoms with van der Waals surface area (Å²) < 4.78 is 39.7. The number of nitro groups is 1. The first-order valence-electron chi connectivity index (χ1n) is 10.8. The summed E-state index contributed by atoms with van der Waals surface area (Å²) in [5.74, 6) is -0.576. The van der Waals surface area contributed by atoms with Crippen molar-refractivity contribution in [3.8, 4) is 0 Å². The standard InChI is InChI=1S/C23H26N4O7S2/c1-4-11-26-20-10-7-18(27(29)30)16-21(20)35-23(26)24-22(28)17-5-8-19(9-6-17)36(31,32)25(12-14-33-2)13-15-34-3/h4-10,16H,1,11-15H2,2-3H3. The van der Waals surface area contributed by atoms with Crippen LogP contribution in [0.25, 0.3) is 10.2 Å². The molecule has 0 N–H and O–H groups in total. The molecule has 0 saturated heterocycles. The molecule has 0 fully saturated rings. The van der Waals surface area contributed by atoms with Crippen molar-refractivity contribution in [3.05, 3.63) is 75.6 Å². The second kappa shape index (κ2) is 12.1. The number of allylic oxidation sites excluding steroid dienone is 1. The number of ether oxygens (including phenoxy) is 2. The highest BCUT2D eigenvalue weighted by molar-refractivity contribution is 7.89. The van der Waals surface area contributed by atoms with Gasteiger partial charge in [-0.1, -0.05) is 17.4 Å². The molecule has 2 aromatic carbocycles. The Labute approximate surface area is 212 Å². The van der Waals surface area contributed by atoms with Crippen LogP contribution >= 0.6 is 11.3 Å². The molecule has 3 aromatic rings. The summed E-state index contributed by atoms with van der Waals surface area (Å²) in [7, 11) is -0.851. The third kappa shape index (κ3) is 6.12. The Morgan fingerprint density at radius 2 is 1.81 bits per heavy atom. The molecule has 0 aliphatic rings.